The van der Waals surface area contributed by atoms with Crippen molar-refractivity contribution in [3.8, 4) is 11.4 Å². The van der Waals surface area contributed by atoms with Crippen molar-refractivity contribution in [1.82, 2.24) is 15.0 Å². The molecule has 0 unspecified atom stereocenters. The van der Waals surface area contributed by atoms with E-state index in [0.717, 1.165) is 25.1 Å². The second-order valence-electron chi connectivity index (χ2n) is 5.32. The van der Waals surface area contributed by atoms with Gasteiger partial charge in [0.1, 0.15) is 6.26 Å². The fraction of sp³-hybridized carbons (Fsp3) is 0.294. The molecule has 128 valence electrons. The molecule has 7 heteroatoms. The molecule has 0 aliphatic carbocycles. The van der Waals surface area contributed by atoms with Gasteiger partial charge in [0.05, 0.1) is 18.4 Å². The molecular formula is C17H21ClN4O2. The third kappa shape index (κ3) is 4.92. The Kier molecular flexibility index (Phi) is 6.99. The van der Waals surface area contributed by atoms with Gasteiger partial charge in [-0.25, -0.2) is 0 Å². The molecule has 1 aromatic carbocycles. The first-order valence-electron chi connectivity index (χ1n) is 7.66. The summed E-state index contributed by atoms with van der Waals surface area (Å²) in [7, 11) is 0. The third-order valence-corrected chi connectivity index (χ3v) is 3.61. The first kappa shape index (κ1) is 18.2. The van der Waals surface area contributed by atoms with E-state index in [9.17, 15) is 0 Å². The highest BCUT2D eigenvalue weighted by molar-refractivity contribution is 5.85. The standard InChI is InChI=1S/C17H20N4O2.ClH/c18-8-10-21(9-6-14-4-2-1-3-5-14)12-16-19-17(20-23-16)15-7-11-22-13-15;/h1-5,7,11,13H,6,8-10,12,18H2;1H. The van der Waals surface area contributed by atoms with Crippen molar-refractivity contribution < 1.29 is 8.94 Å². The van der Waals surface area contributed by atoms with Crippen LogP contribution in [0.2, 0.25) is 0 Å². The number of aromatic nitrogens is 2. The van der Waals surface area contributed by atoms with Gasteiger partial charge in [0.15, 0.2) is 0 Å². The van der Waals surface area contributed by atoms with E-state index in [4.69, 9.17) is 14.7 Å². The molecule has 3 aromatic rings. The zero-order valence-corrected chi connectivity index (χ0v) is 14.1. The van der Waals surface area contributed by atoms with Crippen LogP contribution in [0, 0.1) is 0 Å². The molecule has 24 heavy (non-hydrogen) atoms. The summed E-state index contributed by atoms with van der Waals surface area (Å²) in [4.78, 5) is 6.63. The van der Waals surface area contributed by atoms with E-state index in [0.29, 0.717) is 24.8 Å². The maximum absolute atomic E-state index is 5.71. The SMILES string of the molecule is Cl.NCCN(CCc1ccccc1)Cc1nc(-c2ccoc2)no1. The third-order valence-electron chi connectivity index (χ3n) is 3.61. The van der Waals surface area contributed by atoms with Crippen molar-refractivity contribution in [1.29, 1.82) is 0 Å². The van der Waals surface area contributed by atoms with Gasteiger partial charge in [-0.05, 0) is 18.1 Å². The highest BCUT2D eigenvalue weighted by atomic mass is 35.5. The predicted molar refractivity (Wildman–Crippen MR) is 93.7 cm³/mol. The Labute approximate surface area is 147 Å². The Balaban J connectivity index is 0.00000208. The van der Waals surface area contributed by atoms with E-state index >= 15 is 0 Å². The Bertz CT molecular complexity index is 700. The molecule has 2 heterocycles. The second-order valence-corrected chi connectivity index (χ2v) is 5.32. The average molecular weight is 349 g/mol. The minimum absolute atomic E-state index is 0. The highest BCUT2D eigenvalue weighted by Gasteiger charge is 2.13. The van der Waals surface area contributed by atoms with Crippen LogP contribution < -0.4 is 5.73 Å². The lowest BCUT2D eigenvalue weighted by Crippen LogP contribution is -2.31. The summed E-state index contributed by atoms with van der Waals surface area (Å²) in [6.07, 6.45) is 4.15. The van der Waals surface area contributed by atoms with Gasteiger partial charge in [0.2, 0.25) is 11.7 Å². The monoisotopic (exact) mass is 348 g/mol. The quantitative estimate of drug-likeness (QED) is 0.674. The molecule has 2 N–H and O–H groups in total. The van der Waals surface area contributed by atoms with Crippen LogP contribution in [0.5, 0.6) is 0 Å². The van der Waals surface area contributed by atoms with Gasteiger partial charge < -0.3 is 14.7 Å². The van der Waals surface area contributed by atoms with E-state index in [-0.39, 0.29) is 12.4 Å². The minimum atomic E-state index is 0. The molecule has 0 spiro atoms. The smallest absolute Gasteiger partial charge is 0.241 e. The van der Waals surface area contributed by atoms with Gasteiger partial charge in [-0.2, -0.15) is 4.98 Å². The number of rotatable bonds is 8. The fourth-order valence-electron chi connectivity index (χ4n) is 2.40. The molecule has 0 saturated carbocycles. The average Bonchev–Trinajstić information content (AvgIpc) is 3.25. The van der Waals surface area contributed by atoms with Crippen LogP contribution in [-0.2, 0) is 13.0 Å². The molecule has 0 aliphatic heterocycles. The number of furan rings is 1. The molecule has 2 aromatic heterocycles. The van der Waals surface area contributed by atoms with E-state index in [1.165, 1.54) is 5.56 Å². The summed E-state index contributed by atoms with van der Waals surface area (Å²) in [5.41, 5.74) is 7.83. The fourth-order valence-corrected chi connectivity index (χ4v) is 2.40. The first-order valence-corrected chi connectivity index (χ1v) is 7.66. The molecule has 0 aliphatic rings. The summed E-state index contributed by atoms with van der Waals surface area (Å²) in [5.74, 6) is 1.13. The van der Waals surface area contributed by atoms with Crippen molar-refractivity contribution in [2.75, 3.05) is 19.6 Å². The van der Waals surface area contributed by atoms with Crippen LogP contribution in [0.15, 0.2) is 57.9 Å². The van der Waals surface area contributed by atoms with Crippen molar-refractivity contribution in [3.63, 3.8) is 0 Å². The Morgan fingerprint density at radius 2 is 1.92 bits per heavy atom. The summed E-state index contributed by atoms with van der Waals surface area (Å²) in [6, 6.07) is 12.2. The van der Waals surface area contributed by atoms with Crippen LogP contribution in [0.1, 0.15) is 11.5 Å². The Morgan fingerprint density at radius 3 is 2.62 bits per heavy atom. The number of nitrogens with two attached hydrogens (primary N) is 1. The lowest BCUT2D eigenvalue weighted by atomic mass is 10.1. The van der Waals surface area contributed by atoms with Gasteiger partial charge in [-0.15, -0.1) is 12.4 Å². The molecule has 0 atom stereocenters. The number of nitrogens with zero attached hydrogens (tertiary/aromatic N) is 3. The highest BCUT2D eigenvalue weighted by Crippen LogP contribution is 2.16. The van der Waals surface area contributed by atoms with Crippen LogP contribution in [0.25, 0.3) is 11.4 Å². The summed E-state index contributed by atoms with van der Waals surface area (Å²) in [5, 5.41) is 3.99. The number of hydrogen-bond acceptors (Lipinski definition) is 6. The van der Waals surface area contributed by atoms with Crippen LogP contribution >= 0.6 is 12.4 Å². The predicted octanol–water partition coefficient (Wildman–Crippen LogP) is 2.75. The van der Waals surface area contributed by atoms with Crippen molar-refractivity contribution in [2.45, 2.75) is 13.0 Å². The van der Waals surface area contributed by atoms with Gasteiger partial charge in [0.25, 0.3) is 0 Å². The maximum atomic E-state index is 5.71. The van der Waals surface area contributed by atoms with Crippen molar-refractivity contribution in [2.24, 2.45) is 5.73 Å². The Hall–Kier alpha value is -2.15. The van der Waals surface area contributed by atoms with Crippen LogP contribution in [0.4, 0.5) is 0 Å². The van der Waals surface area contributed by atoms with Gasteiger partial charge in [0, 0.05) is 19.6 Å². The van der Waals surface area contributed by atoms with E-state index in [2.05, 4.69) is 39.3 Å². The van der Waals surface area contributed by atoms with Crippen molar-refractivity contribution >= 4 is 12.4 Å². The van der Waals surface area contributed by atoms with Crippen LogP contribution in [0.3, 0.4) is 0 Å². The normalized spacial score (nSPS) is 10.8. The molecule has 0 radical (unpaired) electrons. The summed E-state index contributed by atoms with van der Waals surface area (Å²) >= 11 is 0. The van der Waals surface area contributed by atoms with E-state index in [1.54, 1.807) is 12.5 Å². The number of halogens is 1. The number of hydrogen-bond donors (Lipinski definition) is 1. The lowest BCUT2D eigenvalue weighted by molar-refractivity contribution is 0.234. The topological polar surface area (TPSA) is 81.3 Å². The largest absolute Gasteiger partial charge is 0.472 e. The molecule has 0 amide bonds. The molecule has 0 bridgehead atoms. The number of benzene rings is 1. The maximum Gasteiger partial charge on any atom is 0.241 e. The van der Waals surface area contributed by atoms with Gasteiger partial charge in [-0.1, -0.05) is 35.5 Å². The Morgan fingerprint density at radius 1 is 1.08 bits per heavy atom. The van der Waals surface area contributed by atoms with Crippen molar-refractivity contribution in [3.05, 3.63) is 60.4 Å². The zero-order chi connectivity index (χ0) is 15.9. The molecule has 0 saturated heterocycles. The van der Waals surface area contributed by atoms with Gasteiger partial charge >= 0.3 is 0 Å². The van der Waals surface area contributed by atoms with E-state index in [1.807, 2.05) is 12.1 Å². The van der Waals surface area contributed by atoms with E-state index < -0.39 is 0 Å². The molecule has 3 rings (SSSR count). The van der Waals surface area contributed by atoms with Crippen LogP contribution in [-0.4, -0.2) is 34.7 Å². The lowest BCUT2D eigenvalue weighted by Gasteiger charge is -2.19. The summed E-state index contributed by atoms with van der Waals surface area (Å²) < 4.78 is 10.4. The first-order chi connectivity index (χ1) is 11.3. The zero-order valence-electron chi connectivity index (χ0n) is 13.3. The molecule has 0 fully saturated rings. The molecular weight excluding hydrogens is 328 g/mol. The second kappa shape index (κ2) is 9.22. The minimum Gasteiger partial charge on any atom is -0.472 e. The van der Waals surface area contributed by atoms with Gasteiger partial charge in [-0.3, -0.25) is 4.90 Å². The summed E-state index contributed by atoms with van der Waals surface area (Å²) in [6.45, 7) is 2.87. The molecule has 6 nitrogen and oxygen atoms in total.